The Hall–Kier alpha value is -2.38. The Labute approximate surface area is 152 Å². The van der Waals surface area contributed by atoms with Crippen LogP contribution in [0.3, 0.4) is 0 Å². The third kappa shape index (κ3) is 6.56. The van der Waals surface area contributed by atoms with E-state index < -0.39 is 0 Å². The van der Waals surface area contributed by atoms with Gasteiger partial charge in [0.15, 0.2) is 0 Å². The SMILES string of the molecule is CN(CCCc1cc(-c2ccccc2)no1)C(=O)CNC(=O)CN.Cl. The molecule has 1 aromatic heterocycles. The fourth-order valence-corrected chi connectivity index (χ4v) is 2.17. The molecule has 7 nitrogen and oxygen atoms in total. The molecule has 0 spiro atoms. The van der Waals surface area contributed by atoms with Crippen LogP contribution in [-0.4, -0.2) is 48.6 Å². The van der Waals surface area contributed by atoms with Crippen LogP contribution in [0.5, 0.6) is 0 Å². The summed E-state index contributed by atoms with van der Waals surface area (Å²) in [6.45, 7) is 0.415. The first-order chi connectivity index (χ1) is 11.6. The van der Waals surface area contributed by atoms with E-state index in [1.807, 2.05) is 36.4 Å². The maximum atomic E-state index is 11.8. The van der Waals surface area contributed by atoms with Crippen molar-refractivity contribution < 1.29 is 14.1 Å². The highest BCUT2D eigenvalue weighted by Gasteiger charge is 2.11. The number of rotatable bonds is 8. The van der Waals surface area contributed by atoms with Crippen molar-refractivity contribution in [1.82, 2.24) is 15.4 Å². The minimum atomic E-state index is -0.341. The Kier molecular flexibility index (Phi) is 8.66. The Morgan fingerprint density at radius 2 is 2.00 bits per heavy atom. The number of hydrogen-bond acceptors (Lipinski definition) is 5. The largest absolute Gasteiger partial charge is 0.361 e. The van der Waals surface area contributed by atoms with Gasteiger partial charge in [-0.2, -0.15) is 0 Å². The van der Waals surface area contributed by atoms with Crippen LogP contribution in [-0.2, 0) is 16.0 Å². The maximum Gasteiger partial charge on any atom is 0.241 e. The van der Waals surface area contributed by atoms with Crippen LogP contribution in [0.4, 0.5) is 0 Å². The molecule has 0 saturated carbocycles. The second kappa shape index (κ2) is 10.5. The molecule has 25 heavy (non-hydrogen) atoms. The van der Waals surface area contributed by atoms with Crippen LogP contribution in [0.25, 0.3) is 11.3 Å². The summed E-state index contributed by atoms with van der Waals surface area (Å²) in [5.74, 6) is 0.289. The van der Waals surface area contributed by atoms with Gasteiger partial charge in [-0.1, -0.05) is 35.5 Å². The van der Waals surface area contributed by atoms with Crippen LogP contribution in [0.2, 0.25) is 0 Å². The van der Waals surface area contributed by atoms with Gasteiger partial charge in [-0.05, 0) is 6.42 Å². The fraction of sp³-hybridized carbons (Fsp3) is 0.353. The number of hydrogen-bond donors (Lipinski definition) is 2. The molecule has 136 valence electrons. The zero-order valence-corrected chi connectivity index (χ0v) is 14.9. The topological polar surface area (TPSA) is 101 Å². The normalized spacial score (nSPS) is 10.0. The molecule has 1 heterocycles. The molecular formula is C17H23ClN4O3. The zero-order chi connectivity index (χ0) is 17.4. The molecule has 1 aromatic carbocycles. The first kappa shape index (κ1) is 20.7. The number of nitrogens with one attached hydrogen (secondary N) is 1. The van der Waals surface area contributed by atoms with E-state index in [2.05, 4.69) is 10.5 Å². The van der Waals surface area contributed by atoms with Crippen molar-refractivity contribution in [3.8, 4) is 11.3 Å². The summed E-state index contributed by atoms with van der Waals surface area (Å²) in [4.78, 5) is 24.4. The molecule has 2 rings (SSSR count). The Bertz CT molecular complexity index is 676. The van der Waals surface area contributed by atoms with Crippen LogP contribution in [0, 0.1) is 0 Å². The summed E-state index contributed by atoms with van der Waals surface area (Å²) < 4.78 is 5.33. The van der Waals surface area contributed by atoms with Gasteiger partial charge in [-0.3, -0.25) is 9.59 Å². The summed E-state index contributed by atoms with van der Waals surface area (Å²) in [7, 11) is 1.70. The number of aryl methyl sites for hydroxylation is 1. The summed E-state index contributed by atoms with van der Waals surface area (Å²) >= 11 is 0. The predicted molar refractivity (Wildman–Crippen MR) is 97.2 cm³/mol. The molecule has 0 fully saturated rings. The van der Waals surface area contributed by atoms with Gasteiger partial charge in [-0.25, -0.2) is 0 Å². The highest BCUT2D eigenvalue weighted by Crippen LogP contribution is 2.19. The lowest BCUT2D eigenvalue weighted by atomic mass is 10.1. The number of nitrogens with zero attached hydrogens (tertiary/aromatic N) is 2. The van der Waals surface area contributed by atoms with Gasteiger partial charge >= 0.3 is 0 Å². The van der Waals surface area contributed by atoms with Crippen molar-refractivity contribution >= 4 is 24.2 Å². The monoisotopic (exact) mass is 366 g/mol. The fourth-order valence-electron chi connectivity index (χ4n) is 2.17. The van der Waals surface area contributed by atoms with Crippen LogP contribution < -0.4 is 11.1 Å². The van der Waals surface area contributed by atoms with Crippen molar-refractivity contribution in [2.24, 2.45) is 5.73 Å². The molecule has 0 saturated heterocycles. The van der Waals surface area contributed by atoms with Gasteiger partial charge in [0.25, 0.3) is 0 Å². The molecule has 2 amide bonds. The molecule has 0 aliphatic rings. The van der Waals surface area contributed by atoms with Crippen molar-refractivity contribution in [3.05, 3.63) is 42.2 Å². The number of carbonyl (C=O) groups is 2. The lowest BCUT2D eigenvalue weighted by molar-refractivity contribution is -0.131. The molecular weight excluding hydrogens is 344 g/mol. The van der Waals surface area contributed by atoms with Gasteiger partial charge in [0.05, 0.1) is 13.1 Å². The van der Waals surface area contributed by atoms with E-state index in [0.29, 0.717) is 13.0 Å². The lowest BCUT2D eigenvalue weighted by Crippen LogP contribution is -2.40. The zero-order valence-electron chi connectivity index (χ0n) is 14.1. The number of carbonyl (C=O) groups excluding carboxylic acids is 2. The highest BCUT2D eigenvalue weighted by atomic mass is 35.5. The molecule has 2 aromatic rings. The van der Waals surface area contributed by atoms with E-state index in [4.69, 9.17) is 10.3 Å². The number of benzene rings is 1. The second-order valence-corrected chi connectivity index (χ2v) is 5.44. The van der Waals surface area contributed by atoms with E-state index in [1.54, 1.807) is 11.9 Å². The lowest BCUT2D eigenvalue weighted by Gasteiger charge is -2.16. The van der Waals surface area contributed by atoms with Gasteiger partial charge in [0.2, 0.25) is 11.8 Å². The molecule has 8 heteroatoms. The Morgan fingerprint density at radius 3 is 2.68 bits per heavy atom. The van der Waals surface area contributed by atoms with E-state index in [9.17, 15) is 9.59 Å². The molecule has 0 bridgehead atoms. The van der Waals surface area contributed by atoms with Gasteiger partial charge in [0.1, 0.15) is 11.5 Å². The molecule has 0 aliphatic heterocycles. The van der Waals surface area contributed by atoms with E-state index in [1.165, 1.54) is 0 Å². The Balaban J connectivity index is 0.00000312. The van der Waals surface area contributed by atoms with E-state index in [-0.39, 0.29) is 37.3 Å². The minimum absolute atomic E-state index is 0. The average molecular weight is 367 g/mol. The quantitative estimate of drug-likeness (QED) is 0.731. The first-order valence-corrected chi connectivity index (χ1v) is 7.82. The minimum Gasteiger partial charge on any atom is -0.361 e. The second-order valence-electron chi connectivity index (χ2n) is 5.44. The van der Waals surface area contributed by atoms with Crippen molar-refractivity contribution in [2.45, 2.75) is 12.8 Å². The van der Waals surface area contributed by atoms with Crippen molar-refractivity contribution in [3.63, 3.8) is 0 Å². The average Bonchev–Trinajstić information content (AvgIpc) is 3.08. The van der Waals surface area contributed by atoms with E-state index in [0.717, 1.165) is 23.4 Å². The van der Waals surface area contributed by atoms with Crippen LogP contribution in [0.15, 0.2) is 40.9 Å². The highest BCUT2D eigenvalue weighted by molar-refractivity contribution is 5.85. The van der Waals surface area contributed by atoms with Crippen LogP contribution in [0.1, 0.15) is 12.2 Å². The number of aromatic nitrogens is 1. The van der Waals surface area contributed by atoms with E-state index >= 15 is 0 Å². The van der Waals surface area contributed by atoms with Crippen molar-refractivity contribution in [2.75, 3.05) is 26.7 Å². The third-order valence-electron chi connectivity index (χ3n) is 3.59. The number of halogens is 1. The summed E-state index contributed by atoms with van der Waals surface area (Å²) in [6.07, 6.45) is 1.43. The number of nitrogens with two attached hydrogens (primary N) is 1. The molecule has 0 unspecified atom stereocenters. The number of likely N-dealkylation sites (N-methyl/N-ethyl adjacent to an activating group) is 1. The van der Waals surface area contributed by atoms with Crippen molar-refractivity contribution in [1.29, 1.82) is 0 Å². The number of amides is 2. The van der Waals surface area contributed by atoms with Gasteiger partial charge in [0, 0.05) is 31.6 Å². The predicted octanol–water partition coefficient (Wildman–Crippen LogP) is 1.23. The summed E-state index contributed by atoms with van der Waals surface area (Å²) in [6, 6.07) is 11.7. The molecule has 0 atom stereocenters. The Morgan fingerprint density at radius 1 is 1.28 bits per heavy atom. The molecule has 0 aliphatic carbocycles. The maximum absolute atomic E-state index is 11.8. The summed E-state index contributed by atoms with van der Waals surface area (Å²) in [5.41, 5.74) is 6.98. The summed E-state index contributed by atoms with van der Waals surface area (Å²) in [5, 5.41) is 6.52. The first-order valence-electron chi connectivity index (χ1n) is 7.82. The van der Waals surface area contributed by atoms with Crippen LogP contribution >= 0.6 is 12.4 Å². The standard InChI is InChI=1S/C17H22N4O3.ClH/c1-21(17(23)12-19-16(22)11-18)9-5-8-14-10-15(20-24-14)13-6-3-2-4-7-13;/h2-4,6-7,10H,5,8-9,11-12,18H2,1H3,(H,19,22);1H. The molecule has 0 radical (unpaired) electrons. The van der Waals surface area contributed by atoms with Gasteiger partial charge in [-0.15, -0.1) is 12.4 Å². The third-order valence-corrected chi connectivity index (χ3v) is 3.59. The smallest absolute Gasteiger partial charge is 0.241 e. The van der Waals surface area contributed by atoms with Gasteiger partial charge < -0.3 is 20.5 Å². The molecule has 3 N–H and O–H groups in total.